The predicted molar refractivity (Wildman–Crippen MR) is 49.1 cm³/mol. The van der Waals surface area contributed by atoms with E-state index in [1.54, 1.807) is 0 Å². The highest BCUT2D eigenvalue weighted by Gasteiger charge is 2.27. The Morgan fingerprint density at radius 3 is 1.58 bits per heavy atom. The fourth-order valence-electron chi connectivity index (χ4n) is 0.453. The van der Waals surface area contributed by atoms with E-state index >= 15 is 0 Å². The third-order valence-corrected chi connectivity index (χ3v) is 1.68. The van der Waals surface area contributed by atoms with Crippen LogP contribution in [0.25, 0.3) is 0 Å². The van der Waals surface area contributed by atoms with Crippen molar-refractivity contribution in [3.05, 3.63) is 16.4 Å². The van der Waals surface area contributed by atoms with Gasteiger partial charge in [-0.2, -0.15) is 15.0 Å². The van der Waals surface area contributed by atoms with Crippen LogP contribution < -0.4 is 0 Å². The maximum Gasteiger partial charge on any atom is 0.250 e. The van der Waals surface area contributed by atoms with Crippen LogP contribution in [0.4, 0.5) is 0 Å². The zero-order chi connectivity index (χ0) is 9.35. The summed E-state index contributed by atoms with van der Waals surface area (Å²) in [5, 5.41) is -0.229. The van der Waals surface area contributed by atoms with Crippen molar-refractivity contribution in [2.24, 2.45) is 0 Å². The molecule has 0 spiro atoms. The van der Waals surface area contributed by atoms with Gasteiger partial charge in [-0.25, -0.2) is 0 Å². The molecule has 0 aliphatic carbocycles. The molecule has 3 nitrogen and oxygen atoms in total. The molecule has 0 aliphatic rings. The maximum absolute atomic E-state index is 5.46. The van der Waals surface area contributed by atoms with Crippen LogP contribution in [-0.4, -0.2) is 15.0 Å². The second-order valence-electron chi connectivity index (χ2n) is 1.69. The van der Waals surface area contributed by atoms with Gasteiger partial charge in [-0.15, -0.1) is 0 Å². The molecule has 0 atom stereocenters. The second kappa shape index (κ2) is 3.68. The summed E-state index contributed by atoms with van der Waals surface area (Å²) in [5.41, 5.74) is 0. The predicted octanol–water partition coefficient (Wildman–Crippen LogP) is 3.01. The van der Waals surface area contributed by atoms with Crippen molar-refractivity contribution in [1.82, 2.24) is 15.0 Å². The number of aromatic nitrogens is 3. The molecule has 0 radical (unpaired) electrons. The minimum atomic E-state index is -1.74. The molecule has 0 aliphatic heterocycles. The molecule has 66 valence electrons. The Bertz CT molecular complexity index is 275. The summed E-state index contributed by atoms with van der Waals surface area (Å²) < 4.78 is -1.74. The fraction of sp³-hybridized carbons (Fsp3) is 0.250. The van der Waals surface area contributed by atoms with E-state index in [0.29, 0.717) is 0 Å². The lowest BCUT2D eigenvalue weighted by molar-refractivity contribution is 0.918. The minimum Gasteiger partial charge on any atom is -0.198 e. The molecular formula is C4Cl5N3. The van der Waals surface area contributed by atoms with Crippen molar-refractivity contribution in [3.63, 3.8) is 0 Å². The molecule has 8 heteroatoms. The van der Waals surface area contributed by atoms with Crippen LogP contribution in [0.2, 0.25) is 10.6 Å². The molecule has 0 unspecified atom stereocenters. The standard InChI is InChI=1S/C4Cl5N3/c5-2-10-1(4(7,8)9)11-3(6)12-2. The van der Waals surface area contributed by atoms with E-state index in [1.165, 1.54) is 0 Å². The summed E-state index contributed by atoms with van der Waals surface area (Å²) >= 11 is 27.3. The van der Waals surface area contributed by atoms with Crippen LogP contribution in [0.3, 0.4) is 0 Å². The Labute approximate surface area is 93.0 Å². The Kier molecular flexibility index (Phi) is 3.23. The monoisotopic (exact) mass is 265 g/mol. The van der Waals surface area contributed by atoms with E-state index in [1.807, 2.05) is 0 Å². The number of hydrogen-bond donors (Lipinski definition) is 0. The normalized spacial score (nSPS) is 11.8. The van der Waals surface area contributed by atoms with E-state index in [-0.39, 0.29) is 16.4 Å². The highest BCUT2D eigenvalue weighted by Crippen LogP contribution is 2.36. The van der Waals surface area contributed by atoms with Gasteiger partial charge in [0.1, 0.15) is 0 Å². The zero-order valence-electron chi connectivity index (χ0n) is 5.23. The molecule has 1 aromatic rings. The highest BCUT2D eigenvalue weighted by atomic mass is 35.6. The molecule has 0 amide bonds. The summed E-state index contributed by atoms with van der Waals surface area (Å²) in [6, 6.07) is 0. The number of alkyl halides is 3. The fourth-order valence-corrected chi connectivity index (χ4v) is 1.07. The molecule has 1 rings (SSSR count). The third-order valence-electron chi connectivity index (χ3n) is 0.834. The van der Waals surface area contributed by atoms with Crippen molar-refractivity contribution >= 4 is 58.0 Å². The first-order valence-electron chi connectivity index (χ1n) is 2.54. The highest BCUT2D eigenvalue weighted by molar-refractivity contribution is 6.66. The van der Waals surface area contributed by atoms with Gasteiger partial charge >= 0.3 is 0 Å². The molecule has 0 saturated heterocycles. The molecule has 0 aromatic carbocycles. The van der Waals surface area contributed by atoms with E-state index in [2.05, 4.69) is 15.0 Å². The van der Waals surface area contributed by atoms with E-state index in [9.17, 15) is 0 Å². The van der Waals surface area contributed by atoms with Crippen LogP contribution in [0.1, 0.15) is 5.82 Å². The number of nitrogens with zero attached hydrogens (tertiary/aromatic N) is 3. The first-order chi connectivity index (χ1) is 5.39. The van der Waals surface area contributed by atoms with Crippen molar-refractivity contribution in [3.8, 4) is 0 Å². The smallest absolute Gasteiger partial charge is 0.198 e. The minimum absolute atomic E-state index is 0.0995. The number of hydrogen-bond acceptors (Lipinski definition) is 3. The molecule has 1 aromatic heterocycles. The summed E-state index contributed by atoms with van der Waals surface area (Å²) in [6.07, 6.45) is 0. The first kappa shape index (κ1) is 10.5. The van der Waals surface area contributed by atoms with Gasteiger partial charge in [-0.1, -0.05) is 34.8 Å². The topological polar surface area (TPSA) is 38.7 Å². The van der Waals surface area contributed by atoms with Crippen LogP contribution >= 0.6 is 58.0 Å². The van der Waals surface area contributed by atoms with Gasteiger partial charge in [0.2, 0.25) is 14.4 Å². The summed E-state index contributed by atoms with van der Waals surface area (Å²) in [7, 11) is 0. The van der Waals surface area contributed by atoms with E-state index < -0.39 is 3.79 Å². The second-order valence-corrected chi connectivity index (χ2v) is 4.65. The van der Waals surface area contributed by atoms with Gasteiger partial charge in [-0.05, 0) is 23.2 Å². The largest absolute Gasteiger partial charge is 0.250 e. The average Bonchev–Trinajstić information content (AvgIpc) is 1.82. The molecule has 0 saturated carbocycles. The van der Waals surface area contributed by atoms with Crippen molar-refractivity contribution in [1.29, 1.82) is 0 Å². The summed E-state index contributed by atoms with van der Waals surface area (Å²) in [6.45, 7) is 0. The molecule has 12 heavy (non-hydrogen) atoms. The number of halogens is 5. The van der Waals surface area contributed by atoms with Gasteiger partial charge in [0.05, 0.1) is 0 Å². The van der Waals surface area contributed by atoms with Crippen LogP contribution in [-0.2, 0) is 3.79 Å². The molecule has 0 N–H and O–H groups in total. The Morgan fingerprint density at radius 1 is 0.833 bits per heavy atom. The lowest BCUT2D eigenvalue weighted by Gasteiger charge is -2.07. The zero-order valence-corrected chi connectivity index (χ0v) is 9.01. The lowest BCUT2D eigenvalue weighted by atomic mass is 10.7. The maximum atomic E-state index is 5.46. The number of rotatable bonds is 0. The average molecular weight is 267 g/mol. The summed E-state index contributed by atoms with van der Waals surface area (Å²) in [5.74, 6) is -0.0995. The molecule has 1 heterocycles. The van der Waals surface area contributed by atoms with Crippen LogP contribution in [0.15, 0.2) is 0 Å². The molecule has 0 fully saturated rings. The SMILES string of the molecule is Clc1nc(Cl)nc(C(Cl)(Cl)Cl)n1. The van der Waals surface area contributed by atoms with Crippen molar-refractivity contribution < 1.29 is 0 Å². The van der Waals surface area contributed by atoms with Gasteiger partial charge in [0, 0.05) is 0 Å². The molecule has 0 bridgehead atoms. The lowest BCUT2D eigenvalue weighted by Crippen LogP contribution is -2.08. The van der Waals surface area contributed by atoms with Crippen LogP contribution in [0.5, 0.6) is 0 Å². The van der Waals surface area contributed by atoms with E-state index in [4.69, 9.17) is 58.0 Å². The van der Waals surface area contributed by atoms with E-state index in [0.717, 1.165) is 0 Å². The first-order valence-corrected chi connectivity index (χ1v) is 4.43. The van der Waals surface area contributed by atoms with Gasteiger partial charge < -0.3 is 0 Å². The third kappa shape index (κ3) is 2.75. The Hall–Kier alpha value is 0.460. The van der Waals surface area contributed by atoms with Crippen molar-refractivity contribution in [2.75, 3.05) is 0 Å². The Balaban J connectivity index is 3.18. The quantitative estimate of drug-likeness (QED) is 0.678. The summed E-state index contributed by atoms with van der Waals surface area (Å²) in [4.78, 5) is 10.6. The Morgan fingerprint density at radius 2 is 1.25 bits per heavy atom. The van der Waals surface area contributed by atoms with Crippen molar-refractivity contribution in [2.45, 2.75) is 3.79 Å². The van der Waals surface area contributed by atoms with Crippen LogP contribution in [0, 0.1) is 0 Å². The van der Waals surface area contributed by atoms with Gasteiger partial charge in [0.15, 0.2) is 5.82 Å². The van der Waals surface area contributed by atoms with Gasteiger partial charge in [0.25, 0.3) is 0 Å². The molecular weight excluding hydrogens is 267 g/mol. The van der Waals surface area contributed by atoms with Gasteiger partial charge in [-0.3, -0.25) is 0 Å².